The van der Waals surface area contributed by atoms with Crippen LogP contribution in [-0.2, 0) is 9.53 Å². The number of carbonyl (C=O) groups is 2. The van der Waals surface area contributed by atoms with Gasteiger partial charge in [-0.25, -0.2) is 9.18 Å². The molecule has 1 aromatic carbocycles. The Hall–Kier alpha value is -2.57. The Balaban J connectivity index is 1.49. The first-order valence-corrected chi connectivity index (χ1v) is 13.5. The Kier molecular flexibility index (Phi) is 7.91. The van der Waals surface area contributed by atoms with Gasteiger partial charge in [0.1, 0.15) is 17.2 Å². The summed E-state index contributed by atoms with van der Waals surface area (Å²) in [5.41, 5.74) is 0.179. The molecule has 0 bridgehead atoms. The third-order valence-electron chi connectivity index (χ3n) is 6.82. The summed E-state index contributed by atoms with van der Waals surface area (Å²) < 4.78 is 25.6. The second kappa shape index (κ2) is 10.7. The van der Waals surface area contributed by atoms with Crippen molar-refractivity contribution < 1.29 is 23.5 Å². The molecule has 37 heavy (non-hydrogen) atoms. The number of benzene rings is 1. The molecule has 1 aliphatic carbocycles. The fourth-order valence-corrected chi connectivity index (χ4v) is 5.30. The van der Waals surface area contributed by atoms with Gasteiger partial charge in [-0.1, -0.05) is 23.3 Å². The summed E-state index contributed by atoms with van der Waals surface area (Å²) in [5, 5.41) is 10.4. The van der Waals surface area contributed by atoms with Gasteiger partial charge in [0, 0.05) is 24.0 Å². The summed E-state index contributed by atoms with van der Waals surface area (Å²) in [6, 6.07) is 5.72. The number of anilines is 1. The van der Waals surface area contributed by atoms with Crippen molar-refractivity contribution in [1.82, 2.24) is 4.90 Å². The molecule has 2 aliphatic heterocycles. The lowest BCUT2D eigenvalue weighted by Gasteiger charge is -2.41. The maximum Gasteiger partial charge on any atom is 0.415 e. The summed E-state index contributed by atoms with van der Waals surface area (Å²) in [6.45, 7) is 6.09. The van der Waals surface area contributed by atoms with Crippen molar-refractivity contribution in [3.05, 3.63) is 45.2 Å². The van der Waals surface area contributed by atoms with E-state index in [1.165, 1.54) is 11.0 Å². The lowest BCUT2D eigenvalue weighted by atomic mass is 9.73. The van der Waals surface area contributed by atoms with Gasteiger partial charge in [0.15, 0.2) is 6.10 Å². The van der Waals surface area contributed by atoms with Gasteiger partial charge in [0.25, 0.3) is 5.91 Å². The van der Waals surface area contributed by atoms with Crippen LogP contribution in [0.4, 0.5) is 14.9 Å². The zero-order valence-electron chi connectivity index (χ0n) is 21.2. The number of ether oxygens (including phenoxy) is 2. The van der Waals surface area contributed by atoms with Crippen molar-refractivity contribution in [3.8, 4) is 11.8 Å². The highest BCUT2D eigenvalue weighted by Crippen LogP contribution is 2.42. The Morgan fingerprint density at radius 1 is 1.27 bits per heavy atom. The van der Waals surface area contributed by atoms with Crippen molar-refractivity contribution in [2.24, 2.45) is 5.41 Å². The summed E-state index contributed by atoms with van der Waals surface area (Å²) >= 11 is 9.65. The Labute approximate surface area is 229 Å². The standard InChI is InChI=1S/C27H30BrClFN3O4/c1-26(2,3)37-25(35)33-15-23(36-22-12-19(28)20(29)13-21(22)33)24(34)32-10-8-27(16-31,9-11-32)14-17-4-6-18(30)7-5-17/h4,6,12-13,23H,5,7-11,14-15H2,1-3H3. The van der Waals surface area contributed by atoms with Gasteiger partial charge in [0.2, 0.25) is 0 Å². The highest BCUT2D eigenvalue weighted by molar-refractivity contribution is 9.10. The third kappa shape index (κ3) is 6.29. The van der Waals surface area contributed by atoms with E-state index in [0.29, 0.717) is 66.1 Å². The second-order valence-corrected chi connectivity index (χ2v) is 12.0. The zero-order chi connectivity index (χ0) is 27.0. The van der Waals surface area contributed by atoms with Crippen LogP contribution in [0.25, 0.3) is 0 Å². The fraction of sp³-hybridized carbons (Fsp3) is 0.519. The lowest BCUT2D eigenvalue weighted by Crippen LogP contribution is -2.54. The van der Waals surface area contributed by atoms with Crippen LogP contribution in [0.3, 0.4) is 0 Å². The normalized spacial score (nSPS) is 21.2. The van der Waals surface area contributed by atoms with Gasteiger partial charge in [-0.05, 0) is 80.6 Å². The first-order chi connectivity index (χ1) is 17.4. The van der Waals surface area contributed by atoms with Crippen LogP contribution in [0.1, 0.15) is 52.9 Å². The number of nitriles is 1. The monoisotopic (exact) mass is 593 g/mol. The lowest BCUT2D eigenvalue weighted by molar-refractivity contribution is -0.140. The topological polar surface area (TPSA) is 82.9 Å². The average Bonchev–Trinajstić information content (AvgIpc) is 2.84. The number of hydrogen-bond donors (Lipinski definition) is 0. The number of halogens is 3. The summed E-state index contributed by atoms with van der Waals surface area (Å²) in [4.78, 5) is 29.7. The second-order valence-electron chi connectivity index (χ2n) is 10.8. The average molecular weight is 595 g/mol. The van der Waals surface area contributed by atoms with Crippen molar-refractivity contribution in [3.63, 3.8) is 0 Å². The van der Waals surface area contributed by atoms with Crippen LogP contribution in [0.2, 0.25) is 5.02 Å². The Morgan fingerprint density at radius 2 is 1.97 bits per heavy atom. The number of rotatable bonds is 3. The van der Waals surface area contributed by atoms with Crippen LogP contribution >= 0.6 is 27.5 Å². The molecule has 1 saturated heterocycles. The van der Waals surface area contributed by atoms with Crippen LogP contribution < -0.4 is 9.64 Å². The molecule has 0 N–H and O–H groups in total. The van der Waals surface area contributed by atoms with Gasteiger partial charge < -0.3 is 14.4 Å². The van der Waals surface area contributed by atoms with Crippen LogP contribution in [0.5, 0.6) is 5.75 Å². The number of allylic oxidation sites excluding steroid dienone is 4. The fourth-order valence-electron chi connectivity index (χ4n) is 4.82. The summed E-state index contributed by atoms with van der Waals surface area (Å²) in [5.74, 6) is -0.0442. The first kappa shape index (κ1) is 27.5. The summed E-state index contributed by atoms with van der Waals surface area (Å²) in [6.07, 6.45) is 4.30. The van der Waals surface area contributed by atoms with Crippen molar-refractivity contribution in [1.29, 1.82) is 5.26 Å². The van der Waals surface area contributed by atoms with Crippen molar-refractivity contribution in [2.45, 2.75) is 64.6 Å². The van der Waals surface area contributed by atoms with Gasteiger partial charge >= 0.3 is 6.09 Å². The number of likely N-dealkylation sites (tertiary alicyclic amines) is 1. The third-order valence-corrected chi connectivity index (χ3v) is 8.02. The van der Waals surface area contributed by atoms with E-state index < -0.39 is 23.2 Å². The predicted octanol–water partition coefficient (Wildman–Crippen LogP) is 6.70. The molecule has 4 rings (SSSR count). The molecular weight excluding hydrogens is 565 g/mol. The number of nitrogens with zero attached hydrogens (tertiary/aromatic N) is 3. The maximum absolute atomic E-state index is 13.5. The largest absolute Gasteiger partial charge is 0.476 e. The minimum atomic E-state index is -0.933. The molecule has 7 nitrogen and oxygen atoms in total. The smallest absolute Gasteiger partial charge is 0.415 e. The zero-order valence-corrected chi connectivity index (χ0v) is 23.5. The quantitative estimate of drug-likeness (QED) is 0.389. The number of amides is 2. The number of piperidine rings is 1. The van der Waals surface area contributed by atoms with Crippen molar-refractivity contribution >= 4 is 45.2 Å². The van der Waals surface area contributed by atoms with E-state index in [9.17, 15) is 19.2 Å². The van der Waals surface area contributed by atoms with Crippen molar-refractivity contribution in [2.75, 3.05) is 24.5 Å². The highest BCUT2D eigenvalue weighted by atomic mass is 79.9. The molecular formula is C27H30BrClFN3O4. The van der Waals surface area contributed by atoms with Crippen LogP contribution in [0, 0.1) is 16.7 Å². The SMILES string of the molecule is CC(C)(C)OC(=O)N1CC(C(=O)N2CCC(C#N)(CC3=CC=C(F)CC3)CC2)Oc2cc(Br)c(Cl)cc21. The van der Waals surface area contributed by atoms with Gasteiger partial charge in [-0.3, -0.25) is 9.69 Å². The number of fused-ring (bicyclic) bond motifs is 1. The van der Waals surface area contributed by atoms with Gasteiger partial charge in [-0.15, -0.1) is 0 Å². The van der Waals surface area contributed by atoms with E-state index in [2.05, 4.69) is 22.0 Å². The molecule has 0 radical (unpaired) electrons. The minimum Gasteiger partial charge on any atom is -0.476 e. The molecule has 1 atom stereocenters. The van der Waals surface area contributed by atoms with E-state index in [0.717, 1.165) is 5.57 Å². The molecule has 0 aromatic heterocycles. The minimum absolute atomic E-state index is 0.0244. The maximum atomic E-state index is 13.5. The Bertz CT molecular complexity index is 1200. The van der Waals surface area contributed by atoms with E-state index in [1.807, 2.05) is 0 Å². The highest BCUT2D eigenvalue weighted by Gasteiger charge is 2.42. The molecule has 0 spiro atoms. The molecule has 1 fully saturated rings. The Morgan fingerprint density at radius 3 is 2.57 bits per heavy atom. The molecule has 1 unspecified atom stereocenters. The van der Waals surface area contributed by atoms with E-state index in [1.54, 1.807) is 43.9 Å². The molecule has 10 heteroatoms. The van der Waals surface area contributed by atoms with Crippen LogP contribution in [-0.4, -0.2) is 48.2 Å². The molecule has 198 valence electrons. The van der Waals surface area contributed by atoms with Gasteiger partial charge in [0.05, 0.1) is 28.7 Å². The molecule has 2 amide bonds. The molecule has 1 aromatic rings. The first-order valence-electron chi connectivity index (χ1n) is 12.3. The number of carbonyl (C=O) groups excluding carboxylic acids is 2. The van der Waals surface area contributed by atoms with E-state index in [-0.39, 0.29) is 18.3 Å². The predicted molar refractivity (Wildman–Crippen MR) is 142 cm³/mol. The summed E-state index contributed by atoms with van der Waals surface area (Å²) in [7, 11) is 0. The van der Waals surface area contributed by atoms with E-state index >= 15 is 0 Å². The molecule has 3 aliphatic rings. The molecule has 2 heterocycles. The van der Waals surface area contributed by atoms with E-state index in [4.69, 9.17) is 21.1 Å². The van der Waals surface area contributed by atoms with Gasteiger partial charge in [-0.2, -0.15) is 5.26 Å². The molecule has 0 saturated carbocycles. The number of hydrogen-bond acceptors (Lipinski definition) is 5. The van der Waals surface area contributed by atoms with Crippen LogP contribution in [0.15, 0.2) is 40.2 Å².